The number of anilines is 1. The highest BCUT2D eigenvalue weighted by atomic mass is 35.5. The predicted molar refractivity (Wildman–Crippen MR) is 111 cm³/mol. The molecule has 0 bridgehead atoms. The third-order valence-corrected chi connectivity index (χ3v) is 6.73. The second kappa shape index (κ2) is 9.41. The molecule has 0 aromatic heterocycles. The van der Waals surface area contributed by atoms with Crippen LogP contribution >= 0.6 is 11.6 Å². The summed E-state index contributed by atoms with van der Waals surface area (Å²) in [6.07, 6.45) is 1.96. The van der Waals surface area contributed by atoms with Crippen molar-refractivity contribution >= 4 is 33.0 Å². The van der Waals surface area contributed by atoms with Crippen molar-refractivity contribution < 1.29 is 13.2 Å². The Morgan fingerprint density at radius 2 is 2.11 bits per heavy atom. The zero-order valence-corrected chi connectivity index (χ0v) is 17.8. The van der Waals surface area contributed by atoms with Crippen molar-refractivity contribution in [2.75, 3.05) is 44.0 Å². The molecular weight excluding hydrogens is 400 g/mol. The molecule has 1 fully saturated rings. The fraction of sp³-hybridized carbons (Fsp3) is 0.474. The summed E-state index contributed by atoms with van der Waals surface area (Å²) >= 11 is 6.08. The molecule has 1 aliphatic rings. The van der Waals surface area contributed by atoms with E-state index < -0.39 is 15.7 Å². The second-order valence-corrected chi connectivity index (χ2v) is 9.81. The van der Waals surface area contributed by atoms with Gasteiger partial charge >= 0.3 is 0 Å². The largest absolute Gasteiger partial charge is 0.371 e. The molecule has 0 aliphatic carbocycles. The molecule has 2 rings (SSSR count). The zero-order chi connectivity index (χ0) is 20.9. The van der Waals surface area contributed by atoms with Crippen LogP contribution in [0.4, 0.5) is 5.69 Å². The quantitative estimate of drug-likeness (QED) is 0.531. The third-order valence-electron chi connectivity index (χ3n) is 4.57. The first-order chi connectivity index (χ1) is 13.1. The number of benzene rings is 1. The number of halogens is 1. The fourth-order valence-corrected chi connectivity index (χ4v) is 4.80. The lowest BCUT2D eigenvalue weighted by molar-refractivity contribution is -0.112. The van der Waals surface area contributed by atoms with Crippen molar-refractivity contribution in [3.8, 4) is 6.07 Å². The summed E-state index contributed by atoms with van der Waals surface area (Å²) in [7, 11) is 0.736. The van der Waals surface area contributed by atoms with Crippen LogP contribution in [-0.2, 0) is 14.6 Å². The normalized spacial score (nSPS) is 18.7. The van der Waals surface area contributed by atoms with Crippen molar-refractivity contribution in [1.82, 2.24) is 9.80 Å². The molecule has 1 unspecified atom stereocenters. The van der Waals surface area contributed by atoms with E-state index in [-0.39, 0.29) is 23.1 Å². The van der Waals surface area contributed by atoms with Gasteiger partial charge in [0.1, 0.15) is 11.6 Å². The Kier molecular flexibility index (Phi) is 7.47. The maximum absolute atomic E-state index is 12.6. The van der Waals surface area contributed by atoms with E-state index in [0.717, 1.165) is 5.56 Å². The SMILES string of the molecule is Cc1ccc(NC(=O)/C(C#N)=C\N(CCN(C)C)C2CCS(=O)(=O)C2)cc1Cl. The fourth-order valence-electron chi connectivity index (χ4n) is 2.88. The molecule has 1 saturated heterocycles. The molecule has 1 atom stereocenters. The van der Waals surface area contributed by atoms with Crippen LogP contribution in [0, 0.1) is 18.3 Å². The molecule has 0 saturated carbocycles. The topological polar surface area (TPSA) is 93.5 Å². The summed E-state index contributed by atoms with van der Waals surface area (Å²) in [5.74, 6) is -0.400. The van der Waals surface area contributed by atoms with E-state index in [1.165, 1.54) is 6.20 Å². The molecule has 0 spiro atoms. The van der Waals surface area contributed by atoms with Gasteiger partial charge in [-0.05, 0) is 45.1 Å². The average Bonchev–Trinajstić information content (AvgIpc) is 2.98. The Labute approximate surface area is 171 Å². The Balaban J connectivity index is 2.21. The molecule has 28 heavy (non-hydrogen) atoms. The minimum atomic E-state index is -3.08. The Morgan fingerprint density at radius 1 is 1.39 bits per heavy atom. The molecule has 0 radical (unpaired) electrons. The number of sulfone groups is 1. The summed E-state index contributed by atoms with van der Waals surface area (Å²) in [4.78, 5) is 16.3. The van der Waals surface area contributed by atoms with Crippen molar-refractivity contribution in [2.45, 2.75) is 19.4 Å². The van der Waals surface area contributed by atoms with Crippen LogP contribution in [0.1, 0.15) is 12.0 Å². The van der Waals surface area contributed by atoms with Gasteiger partial charge in [0.15, 0.2) is 9.84 Å². The van der Waals surface area contributed by atoms with Crippen LogP contribution in [0.25, 0.3) is 0 Å². The number of hydrogen-bond acceptors (Lipinski definition) is 6. The van der Waals surface area contributed by atoms with Crippen LogP contribution in [0.15, 0.2) is 30.0 Å². The number of carbonyl (C=O) groups is 1. The van der Waals surface area contributed by atoms with Crippen molar-refractivity contribution in [3.63, 3.8) is 0 Å². The number of likely N-dealkylation sites (N-methyl/N-ethyl adjacent to an activating group) is 1. The molecule has 1 amide bonds. The number of aryl methyl sites for hydroxylation is 1. The van der Waals surface area contributed by atoms with E-state index in [1.807, 2.05) is 32.0 Å². The third kappa shape index (κ3) is 6.23. The molecule has 1 heterocycles. The lowest BCUT2D eigenvalue weighted by Crippen LogP contribution is -2.37. The van der Waals surface area contributed by atoms with Crippen LogP contribution in [0.2, 0.25) is 5.02 Å². The summed E-state index contributed by atoms with van der Waals surface area (Å²) in [5.41, 5.74) is 1.29. The molecule has 1 aromatic carbocycles. The minimum Gasteiger partial charge on any atom is -0.371 e. The van der Waals surface area contributed by atoms with Gasteiger partial charge in [-0.15, -0.1) is 0 Å². The summed E-state index contributed by atoms with van der Waals surface area (Å²) < 4.78 is 23.7. The monoisotopic (exact) mass is 424 g/mol. The minimum absolute atomic E-state index is 0.0326. The maximum atomic E-state index is 12.6. The van der Waals surface area contributed by atoms with Crippen LogP contribution < -0.4 is 5.32 Å². The van der Waals surface area contributed by atoms with Crippen molar-refractivity contribution in [1.29, 1.82) is 5.26 Å². The Morgan fingerprint density at radius 3 is 2.64 bits per heavy atom. The van der Waals surface area contributed by atoms with Gasteiger partial charge in [-0.3, -0.25) is 4.79 Å². The highest BCUT2D eigenvalue weighted by molar-refractivity contribution is 7.91. The van der Waals surface area contributed by atoms with Gasteiger partial charge < -0.3 is 15.1 Å². The molecule has 152 valence electrons. The number of nitrogens with zero attached hydrogens (tertiary/aromatic N) is 3. The lowest BCUT2D eigenvalue weighted by atomic mass is 10.2. The molecule has 7 nitrogen and oxygen atoms in total. The number of carbonyl (C=O) groups excluding carboxylic acids is 1. The van der Waals surface area contributed by atoms with E-state index in [1.54, 1.807) is 23.1 Å². The number of nitrogens with one attached hydrogen (secondary N) is 1. The Hall–Kier alpha value is -2.08. The van der Waals surface area contributed by atoms with E-state index >= 15 is 0 Å². The van der Waals surface area contributed by atoms with Gasteiger partial charge in [0.2, 0.25) is 0 Å². The van der Waals surface area contributed by atoms with Crippen molar-refractivity contribution in [3.05, 3.63) is 40.6 Å². The maximum Gasteiger partial charge on any atom is 0.267 e. The van der Waals surface area contributed by atoms with E-state index in [0.29, 0.717) is 30.2 Å². The molecular formula is C19H25ClN4O3S. The van der Waals surface area contributed by atoms with Crippen molar-refractivity contribution in [2.24, 2.45) is 0 Å². The van der Waals surface area contributed by atoms with E-state index in [2.05, 4.69) is 5.32 Å². The molecule has 1 N–H and O–H groups in total. The van der Waals surface area contributed by atoms with Crippen LogP contribution in [0.5, 0.6) is 0 Å². The summed E-state index contributed by atoms with van der Waals surface area (Å²) in [6, 6.07) is 6.79. The number of nitriles is 1. The lowest BCUT2D eigenvalue weighted by Gasteiger charge is -2.28. The van der Waals surface area contributed by atoms with Gasteiger partial charge in [0, 0.05) is 36.0 Å². The predicted octanol–water partition coefficient (Wildman–Crippen LogP) is 2.05. The highest BCUT2D eigenvalue weighted by Gasteiger charge is 2.31. The number of hydrogen-bond donors (Lipinski definition) is 1. The molecule has 1 aromatic rings. The van der Waals surface area contributed by atoms with Crippen LogP contribution in [-0.4, -0.2) is 68.9 Å². The molecule has 1 aliphatic heterocycles. The smallest absolute Gasteiger partial charge is 0.267 e. The van der Waals surface area contributed by atoms with Gasteiger partial charge in [-0.2, -0.15) is 5.26 Å². The highest BCUT2D eigenvalue weighted by Crippen LogP contribution is 2.21. The van der Waals surface area contributed by atoms with Gasteiger partial charge in [-0.25, -0.2) is 8.42 Å². The first-order valence-electron chi connectivity index (χ1n) is 8.91. The summed E-state index contributed by atoms with van der Waals surface area (Å²) in [5, 5.41) is 12.7. The van der Waals surface area contributed by atoms with Gasteiger partial charge in [0.05, 0.1) is 11.5 Å². The summed E-state index contributed by atoms with van der Waals surface area (Å²) in [6.45, 7) is 3.04. The van der Waals surface area contributed by atoms with Gasteiger partial charge in [0.25, 0.3) is 5.91 Å². The first-order valence-corrected chi connectivity index (χ1v) is 11.1. The van der Waals surface area contributed by atoms with E-state index in [4.69, 9.17) is 11.6 Å². The van der Waals surface area contributed by atoms with Gasteiger partial charge in [-0.1, -0.05) is 17.7 Å². The second-order valence-electron chi connectivity index (χ2n) is 7.17. The molecule has 9 heteroatoms. The number of amides is 1. The number of rotatable bonds is 7. The first kappa shape index (κ1) is 22.2. The standard InChI is InChI=1S/C19H25ClN4O3S/c1-14-4-5-16(10-18(14)20)22-19(25)15(11-21)12-24(8-7-23(2)3)17-6-9-28(26,27)13-17/h4-5,10,12,17H,6-9,13H2,1-3H3,(H,22,25)/b15-12-. The van der Waals surface area contributed by atoms with E-state index in [9.17, 15) is 18.5 Å². The Bertz CT molecular complexity index is 906. The zero-order valence-electron chi connectivity index (χ0n) is 16.3. The average molecular weight is 425 g/mol. The van der Waals surface area contributed by atoms with Crippen LogP contribution in [0.3, 0.4) is 0 Å².